The van der Waals surface area contributed by atoms with E-state index in [0.717, 1.165) is 5.56 Å². The molecule has 0 aliphatic carbocycles. The molecule has 1 amide bonds. The van der Waals surface area contributed by atoms with Crippen molar-refractivity contribution in [2.75, 3.05) is 13.7 Å². The Hall–Kier alpha value is -3.67. The van der Waals surface area contributed by atoms with Gasteiger partial charge in [0, 0.05) is 24.1 Å². The predicted molar refractivity (Wildman–Crippen MR) is 117 cm³/mol. The Morgan fingerprint density at radius 1 is 1.06 bits per heavy atom. The van der Waals surface area contributed by atoms with Crippen molar-refractivity contribution in [3.63, 3.8) is 0 Å². The van der Waals surface area contributed by atoms with Crippen molar-refractivity contribution >= 4 is 11.6 Å². The Bertz CT molecular complexity index is 1070. The van der Waals surface area contributed by atoms with Crippen LogP contribution in [0.4, 0.5) is 4.39 Å². The van der Waals surface area contributed by atoms with Crippen molar-refractivity contribution < 1.29 is 18.8 Å². The SMILES string of the molecule is COc1ccc(C(=O)N(Cc2ccccc2)CC2CC(c3ccccc3F)=NO2)cc1. The smallest absolute Gasteiger partial charge is 0.254 e. The molecule has 1 atom stereocenters. The number of methoxy groups -OCH3 is 1. The van der Waals surface area contributed by atoms with Gasteiger partial charge in [0.15, 0.2) is 6.10 Å². The number of carbonyl (C=O) groups excluding carboxylic acids is 1. The first-order chi connectivity index (χ1) is 15.1. The van der Waals surface area contributed by atoms with Crippen LogP contribution in [0.15, 0.2) is 84.0 Å². The van der Waals surface area contributed by atoms with Crippen LogP contribution in [0.25, 0.3) is 0 Å². The van der Waals surface area contributed by atoms with Gasteiger partial charge in [0.2, 0.25) is 0 Å². The molecule has 3 aromatic rings. The maximum atomic E-state index is 14.1. The number of hydrogen-bond donors (Lipinski definition) is 0. The Morgan fingerprint density at radius 3 is 2.48 bits per heavy atom. The molecule has 0 bridgehead atoms. The van der Waals surface area contributed by atoms with E-state index in [1.807, 2.05) is 30.3 Å². The molecule has 4 rings (SSSR count). The molecule has 1 aliphatic rings. The number of carbonyl (C=O) groups is 1. The quantitative estimate of drug-likeness (QED) is 0.560. The second-order valence-corrected chi connectivity index (χ2v) is 7.35. The van der Waals surface area contributed by atoms with E-state index in [-0.39, 0.29) is 17.8 Å². The van der Waals surface area contributed by atoms with E-state index in [9.17, 15) is 9.18 Å². The van der Waals surface area contributed by atoms with Crippen LogP contribution in [0.2, 0.25) is 0 Å². The number of benzene rings is 3. The number of hydrogen-bond acceptors (Lipinski definition) is 4. The summed E-state index contributed by atoms with van der Waals surface area (Å²) in [4.78, 5) is 20.6. The number of halogens is 1. The number of rotatable bonds is 7. The van der Waals surface area contributed by atoms with Gasteiger partial charge in [-0.2, -0.15) is 0 Å². The fourth-order valence-corrected chi connectivity index (χ4v) is 3.57. The highest BCUT2D eigenvalue weighted by Crippen LogP contribution is 2.22. The zero-order chi connectivity index (χ0) is 21.6. The summed E-state index contributed by atoms with van der Waals surface area (Å²) in [6.45, 7) is 0.766. The third-order valence-corrected chi connectivity index (χ3v) is 5.18. The standard InChI is InChI=1S/C25H23FN2O3/c1-30-20-13-11-19(12-14-20)25(29)28(16-18-7-3-2-4-8-18)17-21-15-24(27-31-21)22-9-5-6-10-23(22)26/h2-14,21H,15-17H2,1H3. The van der Waals surface area contributed by atoms with Crippen LogP contribution in [-0.2, 0) is 11.4 Å². The molecule has 0 aromatic heterocycles. The van der Waals surface area contributed by atoms with Crippen LogP contribution in [0.5, 0.6) is 5.75 Å². The average Bonchev–Trinajstić information content (AvgIpc) is 3.27. The lowest BCUT2D eigenvalue weighted by atomic mass is 10.0. The molecule has 1 aliphatic heterocycles. The minimum Gasteiger partial charge on any atom is -0.497 e. The number of nitrogens with zero attached hydrogens (tertiary/aromatic N) is 2. The second kappa shape index (κ2) is 9.43. The highest BCUT2D eigenvalue weighted by Gasteiger charge is 2.28. The van der Waals surface area contributed by atoms with Crippen molar-refractivity contribution in [1.29, 1.82) is 0 Å². The molecule has 5 nitrogen and oxygen atoms in total. The number of ether oxygens (including phenoxy) is 1. The molecular formula is C25H23FN2O3. The zero-order valence-electron chi connectivity index (χ0n) is 17.2. The van der Waals surface area contributed by atoms with Gasteiger partial charge in [0.05, 0.1) is 19.4 Å². The summed E-state index contributed by atoms with van der Waals surface area (Å²) in [6.07, 6.45) is 0.0859. The van der Waals surface area contributed by atoms with E-state index in [1.165, 1.54) is 6.07 Å². The first-order valence-electron chi connectivity index (χ1n) is 10.1. The fourth-order valence-electron chi connectivity index (χ4n) is 3.57. The van der Waals surface area contributed by atoms with E-state index in [2.05, 4.69) is 5.16 Å². The molecule has 0 saturated carbocycles. The molecule has 1 heterocycles. The second-order valence-electron chi connectivity index (χ2n) is 7.35. The fraction of sp³-hybridized carbons (Fsp3) is 0.200. The van der Waals surface area contributed by atoms with Gasteiger partial charge in [-0.3, -0.25) is 4.79 Å². The molecule has 0 fully saturated rings. The highest BCUT2D eigenvalue weighted by molar-refractivity contribution is 6.01. The average molecular weight is 418 g/mol. The maximum Gasteiger partial charge on any atom is 0.254 e. The van der Waals surface area contributed by atoms with E-state index in [4.69, 9.17) is 9.57 Å². The maximum absolute atomic E-state index is 14.1. The van der Waals surface area contributed by atoms with Gasteiger partial charge in [-0.05, 0) is 35.9 Å². The minimum atomic E-state index is -0.347. The van der Waals surface area contributed by atoms with Crippen molar-refractivity contribution in [3.8, 4) is 5.75 Å². The van der Waals surface area contributed by atoms with Gasteiger partial charge in [-0.1, -0.05) is 53.7 Å². The third kappa shape index (κ3) is 4.91. The summed E-state index contributed by atoms with van der Waals surface area (Å²) in [5.74, 6) is 0.239. The predicted octanol–water partition coefficient (Wildman–Crippen LogP) is 4.67. The molecule has 0 spiro atoms. The summed E-state index contributed by atoms with van der Waals surface area (Å²) in [5.41, 5.74) is 2.56. The normalized spacial score (nSPS) is 15.2. The first kappa shape index (κ1) is 20.6. The lowest BCUT2D eigenvalue weighted by molar-refractivity contribution is 0.0405. The van der Waals surface area contributed by atoms with E-state index in [1.54, 1.807) is 54.5 Å². The van der Waals surface area contributed by atoms with E-state index in [0.29, 0.717) is 42.1 Å². The highest BCUT2D eigenvalue weighted by atomic mass is 19.1. The van der Waals surface area contributed by atoms with Gasteiger partial charge in [-0.25, -0.2) is 4.39 Å². The van der Waals surface area contributed by atoms with E-state index >= 15 is 0 Å². The lowest BCUT2D eigenvalue weighted by Crippen LogP contribution is -2.37. The van der Waals surface area contributed by atoms with Crippen LogP contribution in [0.3, 0.4) is 0 Å². The number of oxime groups is 1. The Morgan fingerprint density at radius 2 is 1.77 bits per heavy atom. The lowest BCUT2D eigenvalue weighted by Gasteiger charge is -2.25. The summed E-state index contributed by atoms with van der Waals surface area (Å²) in [5, 5.41) is 4.09. The van der Waals surface area contributed by atoms with Crippen molar-refractivity contribution in [2.24, 2.45) is 5.16 Å². The van der Waals surface area contributed by atoms with Crippen molar-refractivity contribution in [2.45, 2.75) is 19.1 Å². The molecule has 3 aromatic carbocycles. The van der Waals surface area contributed by atoms with Gasteiger partial charge in [-0.15, -0.1) is 0 Å². The molecule has 158 valence electrons. The Kier molecular flexibility index (Phi) is 6.26. The van der Waals surface area contributed by atoms with Crippen LogP contribution in [0, 0.1) is 5.82 Å². The summed E-state index contributed by atoms with van der Waals surface area (Å²) in [7, 11) is 1.59. The molecule has 6 heteroatoms. The van der Waals surface area contributed by atoms with Gasteiger partial charge >= 0.3 is 0 Å². The topological polar surface area (TPSA) is 51.1 Å². The van der Waals surface area contributed by atoms with Crippen LogP contribution < -0.4 is 4.74 Å². The molecule has 1 unspecified atom stereocenters. The first-order valence-corrected chi connectivity index (χ1v) is 10.1. The Labute approximate surface area is 180 Å². The van der Waals surface area contributed by atoms with Gasteiger partial charge < -0.3 is 14.5 Å². The molecule has 0 saturated heterocycles. The largest absolute Gasteiger partial charge is 0.497 e. The van der Waals surface area contributed by atoms with Crippen LogP contribution in [-0.4, -0.2) is 36.3 Å². The zero-order valence-corrected chi connectivity index (χ0v) is 17.2. The summed E-state index contributed by atoms with van der Waals surface area (Å²) < 4.78 is 19.3. The van der Waals surface area contributed by atoms with Crippen LogP contribution in [0.1, 0.15) is 27.9 Å². The summed E-state index contributed by atoms with van der Waals surface area (Å²) >= 11 is 0. The van der Waals surface area contributed by atoms with Crippen molar-refractivity contribution in [1.82, 2.24) is 4.90 Å². The number of amides is 1. The van der Waals surface area contributed by atoms with Crippen molar-refractivity contribution in [3.05, 3.63) is 101 Å². The van der Waals surface area contributed by atoms with Gasteiger partial charge in [0.25, 0.3) is 5.91 Å². The monoisotopic (exact) mass is 418 g/mol. The minimum absolute atomic E-state index is 0.116. The molecular weight excluding hydrogens is 395 g/mol. The molecule has 0 radical (unpaired) electrons. The summed E-state index contributed by atoms with van der Waals surface area (Å²) in [6, 6.07) is 23.3. The third-order valence-electron chi connectivity index (χ3n) is 5.18. The van der Waals surface area contributed by atoms with E-state index < -0.39 is 0 Å². The van der Waals surface area contributed by atoms with Crippen LogP contribution >= 0.6 is 0 Å². The Balaban J connectivity index is 1.51. The van der Waals surface area contributed by atoms with Gasteiger partial charge in [0.1, 0.15) is 11.6 Å². The molecule has 31 heavy (non-hydrogen) atoms. The molecule has 0 N–H and O–H groups in total.